The maximum atomic E-state index is 12.3. The van der Waals surface area contributed by atoms with Gasteiger partial charge in [0.25, 0.3) is 0 Å². The quantitative estimate of drug-likeness (QED) is 0.620. The summed E-state index contributed by atoms with van der Waals surface area (Å²) >= 11 is 0. The van der Waals surface area contributed by atoms with Crippen LogP contribution in [-0.2, 0) is 6.42 Å². The zero-order valence-corrected chi connectivity index (χ0v) is 12.6. The summed E-state index contributed by atoms with van der Waals surface area (Å²) in [5, 5.41) is 0. The van der Waals surface area contributed by atoms with Crippen LogP contribution in [0.5, 0.6) is 0 Å². The molecule has 1 aliphatic heterocycles. The molecule has 21 heavy (non-hydrogen) atoms. The van der Waals surface area contributed by atoms with Gasteiger partial charge in [-0.1, -0.05) is 24.3 Å². The van der Waals surface area contributed by atoms with E-state index >= 15 is 0 Å². The number of furan rings is 1. The Labute approximate surface area is 124 Å². The highest BCUT2D eigenvalue weighted by atomic mass is 16.3. The number of ketones is 1. The number of nitrogens with zero attached hydrogens (tertiary/aromatic N) is 1. The number of hydrogen-bond acceptors (Lipinski definition) is 3. The van der Waals surface area contributed by atoms with Gasteiger partial charge < -0.3 is 9.32 Å². The number of allylic oxidation sites excluding steroid dienone is 1. The Morgan fingerprint density at radius 2 is 2.00 bits per heavy atom. The number of benzene rings is 1. The van der Waals surface area contributed by atoms with Gasteiger partial charge in [-0.3, -0.25) is 4.79 Å². The highest BCUT2D eigenvalue weighted by Gasteiger charge is 2.33. The summed E-state index contributed by atoms with van der Waals surface area (Å²) in [6.07, 6.45) is 4.17. The first kappa shape index (κ1) is 13.7. The second kappa shape index (κ2) is 4.92. The average Bonchev–Trinajstić information content (AvgIpc) is 2.97. The first-order valence-corrected chi connectivity index (χ1v) is 7.11. The molecule has 108 valence electrons. The Morgan fingerprint density at radius 3 is 2.71 bits per heavy atom. The molecule has 2 aromatic rings. The molecule has 2 heterocycles. The lowest BCUT2D eigenvalue weighted by Gasteiger charge is -2.44. The Morgan fingerprint density at radius 1 is 1.24 bits per heavy atom. The molecule has 0 amide bonds. The molecular weight excluding hydrogens is 262 g/mol. The molecule has 0 atom stereocenters. The van der Waals surface area contributed by atoms with Crippen LogP contribution in [0.3, 0.4) is 0 Å². The predicted octanol–water partition coefficient (Wildman–Crippen LogP) is 3.77. The molecule has 0 fully saturated rings. The summed E-state index contributed by atoms with van der Waals surface area (Å²) in [4.78, 5) is 14.5. The number of rotatable bonds is 2. The van der Waals surface area contributed by atoms with Gasteiger partial charge in [0.2, 0.25) is 5.78 Å². The molecule has 0 radical (unpaired) electrons. The van der Waals surface area contributed by atoms with E-state index in [2.05, 4.69) is 30.9 Å². The maximum absolute atomic E-state index is 12.3. The van der Waals surface area contributed by atoms with Gasteiger partial charge >= 0.3 is 0 Å². The fourth-order valence-electron chi connectivity index (χ4n) is 2.80. The summed E-state index contributed by atoms with van der Waals surface area (Å²) < 4.78 is 5.20. The zero-order valence-electron chi connectivity index (χ0n) is 12.6. The van der Waals surface area contributed by atoms with Gasteiger partial charge in [-0.2, -0.15) is 0 Å². The van der Waals surface area contributed by atoms with Gasteiger partial charge in [0.1, 0.15) is 0 Å². The lowest BCUT2D eigenvalue weighted by molar-refractivity contribution is 0.102. The molecule has 3 nitrogen and oxygen atoms in total. The molecular formula is C18H19NO2. The van der Waals surface area contributed by atoms with Gasteiger partial charge in [0.15, 0.2) is 5.76 Å². The molecule has 0 bridgehead atoms. The Balaban J connectivity index is 2.09. The van der Waals surface area contributed by atoms with Crippen molar-refractivity contribution in [2.24, 2.45) is 0 Å². The molecule has 0 spiro atoms. The smallest absolute Gasteiger partial charge is 0.223 e. The van der Waals surface area contributed by atoms with Crippen LogP contribution >= 0.6 is 0 Å². The Kier molecular flexibility index (Phi) is 3.20. The summed E-state index contributed by atoms with van der Waals surface area (Å²) in [5.41, 5.74) is 3.32. The fourth-order valence-corrected chi connectivity index (χ4v) is 2.80. The first-order valence-electron chi connectivity index (χ1n) is 7.11. The third kappa shape index (κ3) is 2.40. The standard InChI is InChI=1S/C18H19NO2/c1-18(2)12-13-7-4-5-8-14(13)15(19(18)3)11-16(20)17-9-6-10-21-17/h4-11H,12H2,1-3H3. The maximum Gasteiger partial charge on any atom is 0.223 e. The fraction of sp³-hybridized carbons (Fsp3) is 0.278. The van der Waals surface area contributed by atoms with Crippen LogP contribution in [0.25, 0.3) is 5.70 Å². The van der Waals surface area contributed by atoms with Crippen LogP contribution in [0.2, 0.25) is 0 Å². The van der Waals surface area contributed by atoms with Crippen molar-refractivity contribution in [1.29, 1.82) is 0 Å². The molecule has 0 aliphatic carbocycles. The lowest BCUT2D eigenvalue weighted by Crippen LogP contribution is -2.45. The van der Waals surface area contributed by atoms with Gasteiger partial charge in [0, 0.05) is 29.9 Å². The monoisotopic (exact) mass is 281 g/mol. The van der Waals surface area contributed by atoms with E-state index in [-0.39, 0.29) is 11.3 Å². The molecule has 0 N–H and O–H groups in total. The van der Waals surface area contributed by atoms with E-state index in [0.29, 0.717) is 5.76 Å². The highest BCUT2D eigenvalue weighted by Crippen LogP contribution is 2.36. The molecule has 1 aliphatic rings. The van der Waals surface area contributed by atoms with Crippen molar-refractivity contribution < 1.29 is 9.21 Å². The molecule has 3 rings (SSSR count). The van der Waals surface area contributed by atoms with Crippen molar-refractivity contribution in [3.63, 3.8) is 0 Å². The third-order valence-corrected chi connectivity index (χ3v) is 4.22. The van der Waals surface area contributed by atoms with Crippen molar-refractivity contribution in [2.45, 2.75) is 25.8 Å². The second-order valence-electron chi connectivity index (χ2n) is 6.08. The van der Waals surface area contributed by atoms with E-state index in [4.69, 9.17) is 4.42 Å². The number of carbonyl (C=O) groups excluding carboxylic acids is 1. The molecule has 1 aromatic heterocycles. The van der Waals surface area contributed by atoms with Gasteiger partial charge in [0.05, 0.1) is 6.26 Å². The van der Waals surface area contributed by atoms with Crippen molar-refractivity contribution in [3.05, 3.63) is 65.6 Å². The molecule has 0 saturated carbocycles. The molecule has 0 saturated heterocycles. The number of carbonyl (C=O) groups is 1. The van der Waals surface area contributed by atoms with Crippen molar-refractivity contribution >= 4 is 11.5 Å². The van der Waals surface area contributed by atoms with Gasteiger partial charge in [-0.25, -0.2) is 0 Å². The van der Waals surface area contributed by atoms with Gasteiger partial charge in [-0.05, 0) is 38.0 Å². The lowest BCUT2D eigenvalue weighted by atomic mass is 9.84. The van der Waals surface area contributed by atoms with Crippen LogP contribution in [0.15, 0.2) is 53.2 Å². The normalized spacial score (nSPS) is 18.6. The summed E-state index contributed by atoms with van der Waals surface area (Å²) in [6, 6.07) is 11.7. The summed E-state index contributed by atoms with van der Waals surface area (Å²) in [6.45, 7) is 4.38. The SMILES string of the molecule is CN1C(=CC(=O)c2ccco2)c2ccccc2CC1(C)C. The van der Waals surface area contributed by atoms with Crippen LogP contribution in [0.1, 0.15) is 35.5 Å². The van der Waals surface area contributed by atoms with Crippen LogP contribution < -0.4 is 0 Å². The second-order valence-corrected chi connectivity index (χ2v) is 6.08. The molecule has 1 aromatic carbocycles. The van der Waals surface area contributed by atoms with E-state index in [9.17, 15) is 4.79 Å². The van der Waals surface area contributed by atoms with Crippen LogP contribution in [0.4, 0.5) is 0 Å². The van der Waals surface area contributed by atoms with Crippen molar-refractivity contribution in [2.75, 3.05) is 7.05 Å². The van der Waals surface area contributed by atoms with E-state index in [0.717, 1.165) is 17.7 Å². The van der Waals surface area contributed by atoms with E-state index in [1.807, 2.05) is 19.2 Å². The third-order valence-electron chi connectivity index (χ3n) is 4.22. The van der Waals surface area contributed by atoms with E-state index in [1.54, 1.807) is 18.2 Å². The highest BCUT2D eigenvalue weighted by molar-refractivity contribution is 6.06. The minimum Gasteiger partial charge on any atom is -0.461 e. The van der Waals surface area contributed by atoms with Crippen LogP contribution in [-0.4, -0.2) is 23.3 Å². The van der Waals surface area contributed by atoms with Crippen molar-refractivity contribution in [1.82, 2.24) is 4.90 Å². The van der Waals surface area contributed by atoms with Crippen molar-refractivity contribution in [3.8, 4) is 0 Å². The topological polar surface area (TPSA) is 33.5 Å². The largest absolute Gasteiger partial charge is 0.461 e. The predicted molar refractivity (Wildman–Crippen MR) is 83.0 cm³/mol. The van der Waals surface area contributed by atoms with E-state index in [1.165, 1.54) is 11.8 Å². The summed E-state index contributed by atoms with van der Waals surface area (Å²) in [5.74, 6) is 0.270. The summed E-state index contributed by atoms with van der Waals surface area (Å²) in [7, 11) is 2.04. The number of hydrogen-bond donors (Lipinski definition) is 0. The Bertz CT molecular complexity index is 696. The van der Waals surface area contributed by atoms with Gasteiger partial charge in [-0.15, -0.1) is 0 Å². The number of fused-ring (bicyclic) bond motifs is 1. The molecule has 3 heteroatoms. The average molecular weight is 281 g/mol. The molecule has 0 unspecified atom stereocenters. The number of likely N-dealkylation sites (N-methyl/N-ethyl adjacent to an activating group) is 1. The first-order chi connectivity index (χ1) is 9.99. The minimum absolute atomic E-state index is 0.0242. The zero-order chi connectivity index (χ0) is 15.0. The van der Waals surface area contributed by atoms with E-state index < -0.39 is 0 Å². The van der Waals surface area contributed by atoms with Crippen LogP contribution in [0, 0.1) is 0 Å². The Hall–Kier alpha value is -2.29. The minimum atomic E-state index is -0.102.